The van der Waals surface area contributed by atoms with Gasteiger partial charge in [-0.25, -0.2) is 0 Å². The fraction of sp³-hybridized carbons (Fsp3) is 0.667. The number of hydrogen-bond acceptors (Lipinski definition) is 6. The van der Waals surface area contributed by atoms with Crippen LogP contribution in [0.4, 0.5) is 11.8 Å². The third-order valence-electron chi connectivity index (χ3n) is 2.85. The average molecular weight is 253 g/mol. The molecule has 0 bridgehead atoms. The first-order valence-electron chi connectivity index (χ1n) is 6.03. The number of anilines is 2. The minimum atomic E-state index is 0.211. The van der Waals surface area contributed by atoms with Crippen molar-refractivity contribution in [2.75, 3.05) is 38.8 Å². The lowest BCUT2D eigenvalue weighted by atomic mass is 10.0. The largest absolute Gasteiger partial charge is 0.481 e. The molecule has 6 nitrogen and oxygen atoms in total. The molecule has 1 atom stereocenters. The number of nitrogens with two attached hydrogens (primary N) is 1. The van der Waals surface area contributed by atoms with Crippen molar-refractivity contribution in [3.63, 3.8) is 0 Å². The quantitative estimate of drug-likeness (QED) is 0.789. The van der Waals surface area contributed by atoms with Crippen molar-refractivity contribution in [2.45, 2.75) is 19.9 Å². The molecule has 3 N–H and O–H groups in total. The Morgan fingerprint density at radius 3 is 2.56 bits per heavy atom. The van der Waals surface area contributed by atoms with Gasteiger partial charge in [-0.05, 0) is 20.0 Å². The summed E-state index contributed by atoms with van der Waals surface area (Å²) in [5.41, 5.74) is 5.61. The summed E-state index contributed by atoms with van der Waals surface area (Å²) >= 11 is 0. The van der Waals surface area contributed by atoms with Crippen LogP contribution >= 0.6 is 0 Å². The van der Waals surface area contributed by atoms with E-state index >= 15 is 0 Å². The van der Waals surface area contributed by atoms with Gasteiger partial charge in [-0.2, -0.15) is 9.97 Å². The second-order valence-corrected chi connectivity index (χ2v) is 4.81. The second-order valence-electron chi connectivity index (χ2n) is 4.81. The van der Waals surface area contributed by atoms with Gasteiger partial charge in [-0.1, -0.05) is 13.8 Å². The molecule has 0 aliphatic heterocycles. The standard InChI is InChI=1S/C12H23N5O/c1-8(2)9(17(3)4)7-14-10-6-11(18-5)16-12(13)15-10/h6,8-9H,7H2,1-5H3,(H3,13,14,15,16). The predicted octanol–water partition coefficient (Wildman–Crippen LogP) is 1.07. The molecule has 1 rings (SSSR count). The maximum Gasteiger partial charge on any atom is 0.225 e. The molecule has 1 aromatic rings. The van der Waals surface area contributed by atoms with Gasteiger partial charge in [0.2, 0.25) is 11.8 Å². The van der Waals surface area contributed by atoms with Gasteiger partial charge in [0, 0.05) is 18.7 Å². The normalized spacial score (nSPS) is 12.8. The van der Waals surface area contributed by atoms with E-state index < -0.39 is 0 Å². The molecule has 1 unspecified atom stereocenters. The summed E-state index contributed by atoms with van der Waals surface area (Å²) in [6.07, 6.45) is 0. The van der Waals surface area contributed by atoms with Crippen molar-refractivity contribution in [2.24, 2.45) is 5.92 Å². The number of nitrogens with zero attached hydrogens (tertiary/aromatic N) is 3. The van der Waals surface area contributed by atoms with Gasteiger partial charge in [0.15, 0.2) is 0 Å². The Bertz CT molecular complexity index is 373. The van der Waals surface area contributed by atoms with E-state index in [1.807, 2.05) is 0 Å². The highest BCUT2D eigenvalue weighted by molar-refractivity contribution is 5.42. The average Bonchev–Trinajstić information content (AvgIpc) is 2.27. The van der Waals surface area contributed by atoms with Crippen molar-refractivity contribution in [1.82, 2.24) is 14.9 Å². The van der Waals surface area contributed by atoms with Crippen molar-refractivity contribution in [3.8, 4) is 5.88 Å². The van der Waals surface area contributed by atoms with Crippen LogP contribution in [0.5, 0.6) is 5.88 Å². The molecule has 0 aromatic carbocycles. The van der Waals surface area contributed by atoms with Crippen LogP contribution in [-0.4, -0.2) is 48.7 Å². The maximum atomic E-state index is 5.61. The van der Waals surface area contributed by atoms with Gasteiger partial charge in [0.1, 0.15) is 5.82 Å². The van der Waals surface area contributed by atoms with E-state index in [1.54, 1.807) is 13.2 Å². The summed E-state index contributed by atoms with van der Waals surface area (Å²) in [5, 5.41) is 3.27. The molecule has 0 radical (unpaired) electrons. The van der Waals surface area contributed by atoms with Crippen molar-refractivity contribution in [1.29, 1.82) is 0 Å². The number of hydrogen-bond donors (Lipinski definition) is 2. The summed E-state index contributed by atoms with van der Waals surface area (Å²) in [6.45, 7) is 5.19. The highest BCUT2D eigenvalue weighted by atomic mass is 16.5. The summed E-state index contributed by atoms with van der Waals surface area (Å²) in [6, 6.07) is 2.16. The summed E-state index contributed by atoms with van der Waals surface area (Å²) in [4.78, 5) is 10.3. The number of nitrogen functional groups attached to an aromatic ring is 1. The van der Waals surface area contributed by atoms with Gasteiger partial charge in [-0.15, -0.1) is 0 Å². The van der Waals surface area contributed by atoms with Crippen LogP contribution in [0.25, 0.3) is 0 Å². The zero-order valence-electron chi connectivity index (χ0n) is 11.8. The smallest absolute Gasteiger partial charge is 0.225 e. The summed E-state index contributed by atoms with van der Waals surface area (Å²) in [5.74, 6) is 1.92. The Labute approximate surface area is 109 Å². The molecule has 0 fully saturated rings. The molecular formula is C12H23N5O. The summed E-state index contributed by atoms with van der Waals surface area (Å²) in [7, 11) is 5.70. The minimum Gasteiger partial charge on any atom is -0.481 e. The molecule has 1 heterocycles. The molecule has 18 heavy (non-hydrogen) atoms. The predicted molar refractivity (Wildman–Crippen MR) is 73.8 cm³/mol. The van der Waals surface area contributed by atoms with Gasteiger partial charge in [0.05, 0.1) is 7.11 Å². The first kappa shape index (κ1) is 14.5. The van der Waals surface area contributed by atoms with Crippen molar-refractivity contribution in [3.05, 3.63) is 6.07 Å². The molecule has 102 valence electrons. The Morgan fingerprint density at radius 2 is 2.06 bits per heavy atom. The fourth-order valence-corrected chi connectivity index (χ4v) is 1.86. The van der Waals surface area contributed by atoms with Crippen LogP contribution in [0.1, 0.15) is 13.8 Å². The molecule has 0 aliphatic rings. The minimum absolute atomic E-state index is 0.211. The maximum absolute atomic E-state index is 5.61. The first-order chi connectivity index (χ1) is 8.43. The van der Waals surface area contributed by atoms with Gasteiger partial charge in [-0.3, -0.25) is 0 Å². The van der Waals surface area contributed by atoms with Gasteiger partial charge >= 0.3 is 0 Å². The number of rotatable bonds is 6. The third-order valence-corrected chi connectivity index (χ3v) is 2.85. The Morgan fingerprint density at radius 1 is 1.39 bits per heavy atom. The highest BCUT2D eigenvalue weighted by Crippen LogP contribution is 2.15. The number of ether oxygens (including phenoxy) is 1. The molecule has 0 saturated heterocycles. The SMILES string of the molecule is COc1cc(NCC(C(C)C)N(C)C)nc(N)n1. The van der Waals surface area contributed by atoms with E-state index in [1.165, 1.54) is 0 Å². The zero-order chi connectivity index (χ0) is 13.7. The van der Waals surface area contributed by atoms with E-state index in [4.69, 9.17) is 10.5 Å². The number of methoxy groups -OCH3 is 1. The molecule has 0 amide bonds. The molecular weight excluding hydrogens is 230 g/mol. The molecule has 0 aliphatic carbocycles. The zero-order valence-corrected chi connectivity index (χ0v) is 11.8. The van der Waals surface area contributed by atoms with Crippen LogP contribution < -0.4 is 15.8 Å². The molecule has 1 aromatic heterocycles. The lowest BCUT2D eigenvalue weighted by molar-refractivity contribution is 0.243. The first-order valence-corrected chi connectivity index (χ1v) is 6.03. The molecule has 6 heteroatoms. The Kier molecular flexibility index (Phi) is 5.15. The number of nitrogens with one attached hydrogen (secondary N) is 1. The number of aromatic nitrogens is 2. The Balaban J connectivity index is 2.70. The van der Waals surface area contributed by atoms with Crippen LogP contribution in [0.15, 0.2) is 6.07 Å². The van der Waals surface area contributed by atoms with Gasteiger partial charge < -0.3 is 20.7 Å². The Hall–Kier alpha value is -1.56. The van der Waals surface area contributed by atoms with Crippen molar-refractivity contribution >= 4 is 11.8 Å². The monoisotopic (exact) mass is 253 g/mol. The highest BCUT2D eigenvalue weighted by Gasteiger charge is 2.15. The third kappa shape index (κ3) is 4.03. The molecule has 0 spiro atoms. The summed E-state index contributed by atoms with van der Waals surface area (Å²) < 4.78 is 5.06. The van der Waals surface area contributed by atoms with Gasteiger partial charge in [0.25, 0.3) is 0 Å². The van der Waals surface area contributed by atoms with Crippen molar-refractivity contribution < 1.29 is 4.74 Å². The van der Waals surface area contributed by atoms with E-state index in [0.29, 0.717) is 23.7 Å². The van der Waals surface area contributed by atoms with Crippen LogP contribution in [0.3, 0.4) is 0 Å². The van der Waals surface area contributed by atoms with Crippen LogP contribution in [-0.2, 0) is 0 Å². The second kappa shape index (κ2) is 6.39. The van der Waals surface area contributed by atoms with E-state index in [2.05, 4.69) is 48.1 Å². The van der Waals surface area contributed by atoms with Crippen LogP contribution in [0, 0.1) is 5.92 Å². The topological polar surface area (TPSA) is 76.3 Å². The molecule has 0 saturated carbocycles. The van der Waals surface area contributed by atoms with E-state index in [0.717, 1.165) is 6.54 Å². The lowest BCUT2D eigenvalue weighted by Gasteiger charge is -2.28. The van der Waals surface area contributed by atoms with E-state index in [9.17, 15) is 0 Å². The van der Waals surface area contributed by atoms with E-state index in [-0.39, 0.29) is 5.95 Å². The fourth-order valence-electron chi connectivity index (χ4n) is 1.86. The van der Waals surface area contributed by atoms with Crippen LogP contribution in [0.2, 0.25) is 0 Å². The number of likely N-dealkylation sites (N-methyl/N-ethyl adjacent to an activating group) is 1. The lowest BCUT2D eigenvalue weighted by Crippen LogP contribution is -2.38.